The van der Waals surface area contributed by atoms with Crippen molar-refractivity contribution in [3.63, 3.8) is 0 Å². The molecule has 0 aliphatic rings. The van der Waals surface area contributed by atoms with Gasteiger partial charge < -0.3 is 15.5 Å². The molecule has 0 fully saturated rings. The van der Waals surface area contributed by atoms with Crippen molar-refractivity contribution in [2.45, 2.75) is 0 Å². The third-order valence-corrected chi connectivity index (χ3v) is 2.26. The topological polar surface area (TPSA) is 130 Å². The fourth-order valence-corrected chi connectivity index (χ4v) is 1.31. The van der Waals surface area contributed by atoms with Crippen LogP contribution in [-0.2, 0) is 9.59 Å². The molecule has 8 nitrogen and oxygen atoms in total. The number of benzene rings is 1. The molecule has 0 bridgehead atoms. The van der Waals surface area contributed by atoms with Crippen molar-refractivity contribution in [1.29, 1.82) is 0 Å². The van der Waals surface area contributed by atoms with Gasteiger partial charge in [0.05, 0.1) is 21.7 Å². The maximum Gasteiger partial charge on any atom is 0.352 e. The number of nitrogens with one attached hydrogen (secondary N) is 1. The lowest BCUT2D eigenvalue weighted by Crippen LogP contribution is -2.13. The van der Waals surface area contributed by atoms with Crippen LogP contribution in [0, 0.1) is 10.1 Å². The Bertz CT molecular complexity index is 583. The fourth-order valence-electron chi connectivity index (χ4n) is 1.14. The lowest BCUT2D eigenvalue weighted by atomic mass is 10.2. The van der Waals surface area contributed by atoms with E-state index < -0.39 is 22.6 Å². The van der Waals surface area contributed by atoms with Crippen LogP contribution >= 0.6 is 11.6 Å². The van der Waals surface area contributed by atoms with Crippen LogP contribution in [0.4, 0.5) is 11.4 Å². The zero-order valence-corrected chi connectivity index (χ0v) is 9.92. The molecule has 100 valence electrons. The number of hydrogen-bond acceptors (Lipinski definition) is 5. The fraction of sp³-hybridized carbons (Fsp3) is 0. The van der Waals surface area contributed by atoms with E-state index in [1.165, 1.54) is 6.07 Å². The number of nitro groups is 1. The van der Waals surface area contributed by atoms with Gasteiger partial charge in [0.15, 0.2) is 0 Å². The van der Waals surface area contributed by atoms with Crippen LogP contribution in [0.2, 0.25) is 5.02 Å². The summed E-state index contributed by atoms with van der Waals surface area (Å²) in [4.78, 5) is 31.1. The van der Waals surface area contributed by atoms with Gasteiger partial charge in [0.2, 0.25) is 0 Å². The largest absolute Gasteiger partial charge is 0.478 e. The molecule has 0 heterocycles. The van der Waals surface area contributed by atoms with E-state index >= 15 is 0 Å². The summed E-state index contributed by atoms with van der Waals surface area (Å²) in [5.74, 6) is -3.02. The number of rotatable bonds is 5. The van der Waals surface area contributed by atoms with Crippen molar-refractivity contribution in [3.8, 4) is 0 Å². The van der Waals surface area contributed by atoms with Crippen LogP contribution in [0.3, 0.4) is 0 Å². The molecule has 0 aromatic heterocycles. The highest BCUT2D eigenvalue weighted by Gasteiger charge is 2.14. The summed E-state index contributed by atoms with van der Waals surface area (Å²) in [5, 5.41) is 30.1. The van der Waals surface area contributed by atoms with E-state index in [9.17, 15) is 19.7 Å². The molecule has 0 unspecified atom stereocenters. The maximum absolute atomic E-state index is 10.8. The zero-order chi connectivity index (χ0) is 14.6. The van der Waals surface area contributed by atoms with Crippen molar-refractivity contribution in [3.05, 3.63) is 45.1 Å². The van der Waals surface area contributed by atoms with Gasteiger partial charge in [-0.2, -0.15) is 0 Å². The molecule has 9 heteroatoms. The molecule has 0 aliphatic heterocycles. The van der Waals surface area contributed by atoms with Crippen molar-refractivity contribution in [1.82, 2.24) is 0 Å². The first kappa shape index (κ1) is 14.5. The third kappa shape index (κ3) is 3.96. The van der Waals surface area contributed by atoms with Gasteiger partial charge in [-0.15, -0.1) is 0 Å². The van der Waals surface area contributed by atoms with Crippen LogP contribution < -0.4 is 5.32 Å². The monoisotopic (exact) mass is 286 g/mol. The van der Waals surface area contributed by atoms with E-state index in [0.29, 0.717) is 6.08 Å². The Kier molecular flexibility index (Phi) is 4.43. The number of carboxylic acid groups (broad SMARTS) is 2. The molecular weight excluding hydrogens is 280 g/mol. The van der Waals surface area contributed by atoms with E-state index in [1.807, 2.05) is 0 Å². The van der Waals surface area contributed by atoms with Gasteiger partial charge in [0, 0.05) is 12.1 Å². The first-order valence-corrected chi connectivity index (χ1v) is 5.08. The lowest BCUT2D eigenvalue weighted by molar-refractivity contribution is -0.384. The van der Waals surface area contributed by atoms with Crippen LogP contribution in [0.1, 0.15) is 0 Å². The molecule has 0 aliphatic carbocycles. The molecule has 3 N–H and O–H groups in total. The Morgan fingerprint density at radius 2 is 2.00 bits per heavy atom. The van der Waals surface area contributed by atoms with Crippen LogP contribution in [0.15, 0.2) is 30.0 Å². The Hall–Kier alpha value is -2.61. The summed E-state index contributed by atoms with van der Waals surface area (Å²) in [6.07, 6.45) is 0.414. The molecule has 0 spiro atoms. The molecule has 0 saturated heterocycles. The highest BCUT2D eigenvalue weighted by Crippen LogP contribution is 2.27. The predicted octanol–water partition coefficient (Wildman–Crippen LogP) is 1.71. The Labute approximate surface area is 111 Å². The Balaban J connectivity index is 3.16. The summed E-state index contributed by atoms with van der Waals surface area (Å²) in [7, 11) is 0. The standard InChI is InChI=1S/C10H7ClN2O6/c11-6-2-1-5(13(18)19)3-7(6)12-8(10(16)17)4-9(14)15/h1-4,12H,(H,14,15)(H,16,17). The number of nitrogens with zero attached hydrogens (tertiary/aromatic N) is 1. The first-order valence-electron chi connectivity index (χ1n) is 4.70. The molecule has 0 saturated carbocycles. The molecule has 19 heavy (non-hydrogen) atoms. The van der Waals surface area contributed by atoms with Gasteiger partial charge in [0.25, 0.3) is 5.69 Å². The summed E-state index contributed by atoms with van der Waals surface area (Å²) in [5.41, 5.74) is -1.06. The van der Waals surface area contributed by atoms with E-state index in [0.717, 1.165) is 12.1 Å². The van der Waals surface area contributed by atoms with E-state index in [4.69, 9.17) is 21.8 Å². The highest BCUT2D eigenvalue weighted by atomic mass is 35.5. The number of carboxylic acids is 2. The summed E-state index contributed by atoms with van der Waals surface area (Å²) in [6, 6.07) is 3.33. The number of halogens is 1. The Morgan fingerprint density at radius 1 is 1.37 bits per heavy atom. The normalized spacial score (nSPS) is 10.9. The minimum Gasteiger partial charge on any atom is -0.478 e. The highest BCUT2D eigenvalue weighted by molar-refractivity contribution is 6.33. The van der Waals surface area contributed by atoms with Crippen LogP contribution in [0.25, 0.3) is 0 Å². The molecular formula is C10H7ClN2O6. The molecule has 0 radical (unpaired) electrons. The number of hydrogen-bond donors (Lipinski definition) is 3. The number of non-ortho nitro benzene ring substituents is 1. The average molecular weight is 287 g/mol. The van der Waals surface area contributed by atoms with Crippen molar-refractivity contribution in [2.75, 3.05) is 5.32 Å². The number of anilines is 1. The number of nitro benzene ring substituents is 1. The number of carbonyl (C=O) groups is 2. The van der Waals surface area contributed by atoms with Gasteiger partial charge >= 0.3 is 11.9 Å². The average Bonchev–Trinajstić information content (AvgIpc) is 2.29. The van der Waals surface area contributed by atoms with Crippen molar-refractivity contribution >= 4 is 34.9 Å². The minimum absolute atomic E-state index is 0.0168. The lowest BCUT2D eigenvalue weighted by Gasteiger charge is -2.08. The zero-order valence-electron chi connectivity index (χ0n) is 9.16. The molecule has 1 aromatic carbocycles. The maximum atomic E-state index is 10.8. The SMILES string of the molecule is O=C(O)C=C(Nc1cc([N+](=O)[O-])ccc1Cl)C(=O)O. The molecule has 1 aromatic rings. The number of aliphatic carboxylic acids is 2. The molecule has 0 amide bonds. The van der Waals surface area contributed by atoms with Gasteiger partial charge in [-0.05, 0) is 6.07 Å². The minimum atomic E-state index is -1.54. The van der Waals surface area contributed by atoms with Gasteiger partial charge in [0.1, 0.15) is 5.70 Å². The van der Waals surface area contributed by atoms with Crippen LogP contribution in [0.5, 0.6) is 0 Å². The second kappa shape index (κ2) is 5.83. The van der Waals surface area contributed by atoms with E-state index in [2.05, 4.69) is 5.32 Å². The summed E-state index contributed by atoms with van der Waals surface area (Å²) >= 11 is 5.73. The second-order valence-electron chi connectivity index (χ2n) is 3.25. The van der Waals surface area contributed by atoms with E-state index in [-0.39, 0.29) is 16.4 Å². The van der Waals surface area contributed by atoms with Gasteiger partial charge in [-0.3, -0.25) is 10.1 Å². The van der Waals surface area contributed by atoms with Crippen LogP contribution in [-0.4, -0.2) is 27.1 Å². The summed E-state index contributed by atoms with van der Waals surface area (Å²) < 4.78 is 0. The summed E-state index contributed by atoms with van der Waals surface area (Å²) in [6.45, 7) is 0. The predicted molar refractivity (Wildman–Crippen MR) is 65.1 cm³/mol. The van der Waals surface area contributed by atoms with Gasteiger partial charge in [-0.25, -0.2) is 9.59 Å². The molecule has 0 atom stereocenters. The smallest absolute Gasteiger partial charge is 0.352 e. The van der Waals surface area contributed by atoms with E-state index in [1.54, 1.807) is 0 Å². The third-order valence-electron chi connectivity index (χ3n) is 1.93. The first-order chi connectivity index (χ1) is 8.81. The Morgan fingerprint density at radius 3 is 2.47 bits per heavy atom. The second-order valence-corrected chi connectivity index (χ2v) is 3.65. The van der Waals surface area contributed by atoms with Crippen molar-refractivity contribution < 1.29 is 24.7 Å². The van der Waals surface area contributed by atoms with Gasteiger partial charge in [-0.1, -0.05) is 11.6 Å². The van der Waals surface area contributed by atoms with Crippen molar-refractivity contribution in [2.24, 2.45) is 0 Å². The molecule has 1 rings (SSSR count). The quantitative estimate of drug-likeness (QED) is 0.426.